The van der Waals surface area contributed by atoms with Crippen LogP contribution in [-0.2, 0) is 20.1 Å². The van der Waals surface area contributed by atoms with Crippen molar-refractivity contribution in [3.05, 3.63) is 50.7 Å². The number of anilines is 2. The lowest BCUT2D eigenvalue weighted by Crippen LogP contribution is -2.40. The molecule has 3 aromatic rings. The number of aliphatic hydroxyl groups excluding tert-OH is 1. The van der Waals surface area contributed by atoms with Gasteiger partial charge >= 0.3 is 5.69 Å². The summed E-state index contributed by atoms with van der Waals surface area (Å²) >= 11 is 0. The Bertz CT molecular complexity index is 1140. The van der Waals surface area contributed by atoms with E-state index in [9.17, 15) is 9.59 Å². The standard InChI is InChI=1S/C20H25N5O3/c1-13-5-7-15(8-6-13)24-11-14(2)12-25-16-17(21-19(24)25)22(3)20(28)23(18(16)27)9-4-10-26/h5-8,14,26H,4,9-12H2,1-3H3. The quantitative estimate of drug-likeness (QED) is 0.736. The van der Waals surface area contributed by atoms with Crippen LogP contribution in [-0.4, -0.2) is 36.9 Å². The molecule has 0 bridgehead atoms. The van der Waals surface area contributed by atoms with Crippen LogP contribution in [0.15, 0.2) is 33.9 Å². The Morgan fingerprint density at radius 1 is 1.18 bits per heavy atom. The molecule has 28 heavy (non-hydrogen) atoms. The molecule has 0 amide bonds. The molecule has 0 fully saturated rings. The van der Waals surface area contributed by atoms with E-state index in [1.165, 1.54) is 14.7 Å². The number of rotatable bonds is 4. The van der Waals surface area contributed by atoms with Crippen LogP contribution in [0.1, 0.15) is 18.9 Å². The molecule has 3 heterocycles. The monoisotopic (exact) mass is 383 g/mol. The van der Waals surface area contributed by atoms with E-state index in [-0.39, 0.29) is 18.7 Å². The number of hydrogen-bond acceptors (Lipinski definition) is 5. The predicted octanol–water partition coefficient (Wildman–Crippen LogP) is 1.38. The Morgan fingerprint density at radius 2 is 1.89 bits per heavy atom. The van der Waals surface area contributed by atoms with Gasteiger partial charge in [0.15, 0.2) is 11.2 Å². The molecular weight excluding hydrogens is 358 g/mol. The maximum atomic E-state index is 13.1. The predicted molar refractivity (Wildman–Crippen MR) is 108 cm³/mol. The smallest absolute Gasteiger partial charge is 0.332 e. The van der Waals surface area contributed by atoms with E-state index in [0.717, 1.165) is 12.2 Å². The second-order valence-corrected chi connectivity index (χ2v) is 7.62. The van der Waals surface area contributed by atoms with Crippen LogP contribution in [0.5, 0.6) is 0 Å². The van der Waals surface area contributed by atoms with Gasteiger partial charge in [0.2, 0.25) is 5.95 Å². The maximum Gasteiger partial charge on any atom is 0.332 e. The van der Waals surface area contributed by atoms with Crippen LogP contribution in [0.3, 0.4) is 0 Å². The summed E-state index contributed by atoms with van der Waals surface area (Å²) in [6.07, 6.45) is 0.355. The fourth-order valence-electron chi connectivity index (χ4n) is 3.87. The second kappa shape index (κ2) is 6.94. The van der Waals surface area contributed by atoms with Crippen LogP contribution in [0.2, 0.25) is 0 Å². The number of imidazole rings is 1. The van der Waals surface area contributed by atoms with E-state index < -0.39 is 5.69 Å². The highest BCUT2D eigenvalue weighted by Gasteiger charge is 2.29. The number of hydrogen-bond donors (Lipinski definition) is 1. The van der Waals surface area contributed by atoms with Gasteiger partial charge in [-0.05, 0) is 31.4 Å². The molecule has 2 aromatic heterocycles. The minimum atomic E-state index is -0.406. The second-order valence-electron chi connectivity index (χ2n) is 7.62. The summed E-state index contributed by atoms with van der Waals surface area (Å²) in [5.74, 6) is 0.998. The number of fused-ring (bicyclic) bond motifs is 3. The molecule has 1 N–H and O–H groups in total. The van der Waals surface area contributed by atoms with E-state index in [2.05, 4.69) is 36.1 Å². The summed E-state index contributed by atoms with van der Waals surface area (Å²) in [5.41, 5.74) is 2.28. The average Bonchev–Trinajstić information content (AvgIpc) is 3.06. The van der Waals surface area contributed by atoms with Crippen LogP contribution < -0.4 is 16.1 Å². The van der Waals surface area contributed by atoms with Gasteiger partial charge in [-0.25, -0.2) is 4.79 Å². The largest absolute Gasteiger partial charge is 0.396 e. The van der Waals surface area contributed by atoms with Gasteiger partial charge in [0.05, 0.1) is 0 Å². The van der Waals surface area contributed by atoms with Crippen molar-refractivity contribution in [1.29, 1.82) is 0 Å². The highest BCUT2D eigenvalue weighted by Crippen LogP contribution is 2.32. The van der Waals surface area contributed by atoms with Crippen LogP contribution >= 0.6 is 0 Å². The molecule has 1 aliphatic rings. The molecule has 8 heteroatoms. The van der Waals surface area contributed by atoms with Gasteiger partial charge in [0, 0.05) is 39.0 Å². The lowest BCUT2D eigenvalue weighted by Gasteiger charge is -2.33. The van der Waals surface area contributed by atoms with E-state index in [0.29, 0.717) is 36.0 Å². The van der Waals surface area contributed by atoms with Crippen molar-refractivity contribution in [2.24, 2.45) is 13.0 Å². The number of nitrogens with zero attached hydrogens (tertiary/aromatic N) is 5. The first-order valence-electron chi connectivity index (χ1n) is 9.57. The van der Waals surface area contributed by atoms with Crippen molar-refractivity contribution in [2.75, 3.05) is 18.1 Å². The third kappa shape index (κ3) is 2.84. The number of benzene rings is 1. The minimum absolute atomic E-state index is 0.0730. The third-order valence-electron chi connectivity index (χ3n) is 5.33. The van der Waals surface area contributed by atoms with Crippen molar-refractivity contribution < 1.29 is 5.11 Å². The van der Waals surface area contributed by atoms with Crippen molar-refractivity contribution in [3.8, 4) is 0 Å². The lowest BCUT2D eigenvalue weighted by atomic mass is 10.1. The van der Waals surface area contributed by atoms with Gasteiger partial charge in [-0.3, -0.25) is 13.9 Å². The summed E-state index contributed by atoms with van der Waals surface area (Å²) in [6.45, 7) is 5.76. The fourth-order valence-corrected chi connectivity index (χ4v) is 3.87. The molecule has 1 unspecified atom stereocenters. The van der Waals surface area contributed by atoms with Gasteiger partial charge in [-0.15, -0.1) is 0 Å². The molecule has 0 saturated heterocycles. The first kappa shape index (κ1) is 18.5. The van der Waals surface area contributed by atoms with Crippen molar-refractivity contribution in [3.63, 3.8) is 0 Å². The third-order valence-corrected chi connectivity index (χ3v) is 5.33. The molecule has 0 saturated carbocycles. The first-order valence-corrected chi connectivity index (χ1v) is 9.57. The highest BCUT2D eigenvalue weighted by molar-refractivity contribution is 5.77. The zero-order valence-electron chi connectivity index (χ0n) is 16.4. The van der Waals surface area contributed by atoms with Gasteiger partial charge in [0.25, 0.3) is 5.56 Å². The summed E-state index contributed by atoms with van der Waals surface area (Å²) in [6, 6.07) is 8.21. The Balaban J connectivity index is 1.96. The summed E-state index contributed by atoms with van der Waals surface area (Å²) in [7, 11) is 1.64. The number of aromatic nitrogens is 4. The Hall–Kier alpha value is -2.87. The van der Waals surface area contributed by atoms with Crippen molar-refractivity contribution in [1.82, 2.24) is 18.7 Å². The topological polar surface area (TPSA) is 85.3 Å². The van der Waals surface area contributed by atoms with E-state index in [4.69, 9.17) is 10.1 Å². The van der Waals surface area contributed by atoms with Crippen molar-refractivity contribution >= 4 is 22.8 Å². The Morgan fingerprint density at radius 3 is 2.57 bits per heavy atom. The molecule has 0 spiro atoms. The van der Waals surface area contributed by atoms with E-state index in [1.807, 2.05) is 11.5 Å². The molecule has 4 rings (SSSR count). The normalized spacial score (nSPS) is 16.6. The Kier molecular flexibility index (Phi) is 4.58. The molecule has 1 aromatic carbocycles. The lowest BCUT2D eigenvalue weighted by molar-refractivity contribution is 0.277. The maximum absolute atomic E-state index is 13.1. The van der Waals surface area contributed by atoms with E-state index >= 15 is 0 Å². The highest BCUT2D eigenvalue weighted by atomic mass is 16.3. The van der Waals surface area contributed by atoms with Gasteiger partial charge < -0.3 is 14.6 Å². The van der Waals surface area contributed by atoms with Gasteiger partial charge in [0.1, 0.15) is 0 Å². The first-order chi connectivity index (χ1) is 13.4. The Labute approximate surface area is 162 Å². The molecule has 0 aliphatic carbocycles. The van der Waals surface area contributed by atoms with Gasteiger partial charge in [-0.1, -0.05) is 24.6 Å². The minimum Gasteiger partial charge on any atom is -0.396 e. The fraction of sp³-hybridized carbons (Fsp3) is 0.450. The van der Waals surface area contributed by atoms with Crippen LogP contribution in [0.25, 0.3) is 11.2 Å². The molecule has 1 aliphatic heterocycles. The zero-order chi connectivity index (χ0) is 20.0. The number of aliphatic hydroxyl groups is 1. The SMILES string of the molecule is Cc1ccc(N2CC(C)Cn3c2nc2c3c(=O)n(CCCO)c(=O)n2C)cc1. The molecule has 1 atom stereocenters. The summed E-state index contributed by atoms with van der Waals surface area (Å²) < 4.78 is 4.56. The zero-order valence-corrected chi connectivity index (χ0v) is 16.4. The van der Waals surface area contributed by atoms with Crippen LogP contribution in [0, 0.1) is 12.8 Å². The molecule has 0 radical (unpaired) electrons. The summed E-state index contributed by atoms with van der Waals surface area (Å²) in [4.78, 5) is 32.6. The molecule has 8 nitrogen and oxygen atoms in total. The van der Waals surface area contributed by atoms with Crippen LogP contribution in [0.4, 0.5) is 11.6 Å². The average molecular weight is 383 g/mol. The summed E-state index contributed by atoms with van der Waals surface area (Å²) in [5, 5.41) is 9.11. The van der Waals surface area contributed by atoms with Gasteiger partial charge in [-0.2, -0.15) is 4.98 Å². The molecule has 148 valence electrons. The van der Waals surface area contributed by atoms with Crippen molar-refractivity contribution in [2.45, 2.75) is 33.4 Å². The molecular formula is C20H25N5O3. The van der Waals surface area contributed by atoms with E-state index in [1.54, 1.807) is 7.05 Å². The number of aryl methyl sites for hydroxylation is 2.